The van der Waals surface area contributed by atoms with E-state index in [1.54, 1.807) is 0 Å². The van der Waals surface area contributed by atoms with Gasteiger partial charge in [0.1, 0.15) is 11.9 Å². The molecule has 3 atom stereocenters. The first-order valence-corrected chi connectivity index (χ1v) is 14.0. The number of nitrogens with one attached hydrogen (secondary N) is 1. The molecule has 5 rings (SSSR count). The van der Waals surface area contributed by atoms with Crippen molar-refractivity contribution in [2.75, 3.05) is 11.9 Å². The van der Waals surface area contributed by atoms with Gasteiger partial charge in [-0.25, -0.2) is 4.39 Å². The number of ether oxygens (including phenoxy) is 2. The van der Waals surface area contributed by atoms with Crippen LogP contribution in [0.15, 0.2) is 53.5 Å². The van der Waals surface area contributed by atoms with Gasteiger partial charge in [-0.15, -0.1) is 0 Å². The van der Waals surface area contributed by atoms with E-state index in [2.05, 4.69) is 5.32 Å². The number of nitrogens with zero attached hydrogens (tertiary/aromatic N) is 1. The van der Waals surface area contributed by atoms with Crippen LogP contribution in [0.3, 0.4) is 0 Å². The Morgan fingerprint density at radius 1 is 1.07 bits per heavy atom. The Kier molecular flexibility index (Phi) is 8.91. The van der Waals surface area contributed by atoms with Crippen LogP contribution in [-0.2, 0) is 27.3 Å². The molecule has 2 aliphatic heterocycles. The predicted octanol–water partition coefficient (Wildman–Crippen LogP) is 5.55. The van der Waals surface area contributed by atoms with E-state index in [-0.39, 0.29) is 34.4 Å². The molecular weight excluding hydrogens is 594 g/mol. The molecule has 1 fully saturated rings. The van der Waals surface area contributed by atoms with Crippen molar-refractivity contribution >= 4 is 29.1 Å². The molecule has 8 nitrogen and oxygen atoms in total. The highest BCUT2D eigenvalue weighted by molar-refractivity contribution is 6.30. The number of benzene rings is 2. The molecule has 13 heteroatoms. The Balaban J connectivity index is 1.56. The van der Waals surface area contributed by atoms with Crippen LogP contribution in [-0.4, -0.2) is 41.4 Å². The number of pyridine rings is 1. The third-order valence-electron chi connectivity index (χ3n) is 7.64. The molecule has 1 unspecified atom stereocenters. The Labute approximate surface area is 248 Å². The number of aromatic nitrogens is 1. The maximum atomic E-state index is 14.4. The molecular formula is C30H28ClF4N3O5. The number of carbonyl (C=O) groups excluding carboxylic acids is 2. The summed E-state index contributed by atoms with van der Waals surface area (Å²) in [6.45, 7) is -0.0120. The van der Waals surface area contributed by atoms with Crippen molar-refractivity contribution in [3.05, 3.63) is 86.5 Å². The van der Waals surface area contributed by atoms with E-state index in [4.69, 9.17) is 26.8 Å². The summed E-state index contributed by atoms with van der Waals surface area (Å²) in [7, 11) is 0. The number of hydrogen-bond donors (Lipinski definition) is 2. The summed E-state index contributed by atoms with van der Waals surface area (Å²) in [5.41, 5.74) is 5.48. The highest BCUT2D eigenvalue weighted by Crippen LogP contribution is 2.37. The second-order valence-electron chi connectivity index (χ2n) is 10.6. The van der Waals surface area contributed by atoms with Crippen LogP contribution in [0.25, 0.3) is 11.1 Å². The molecule has 228 valence electrons. The number of fused-ring (bicyclic) bond motifs is 3. The molecule has 3 heterocycles. The van der Waals surface area contributed by atoms with Gasteiger partial charge in [0.05, 0.1) is 18.3 Å². The average Bonchev–Trinajstić information content (AvgIpc) is 2.94. The number of halogens is 5. The standard InChI is InChI=1S/C30H28ClF4N3O5/c31-18-5-4-16-9-26(30(33,34)35)43-15-17-14-38(27(39)13-23(17)22(16)10-18)25(12-20-3-1-2-8-42-20)29(41)37-19-6-7-21(28(36)40)24(32)11-19/h4-7,10-11,13-14,20,25-26H,1-3,8-9,12,15H2,(H2,36,40)(H,37,41)/t20-,25-,26?/m0/s1. The topological polar surface area (TPSA) is 113 Å². The van der Waals surface area contributed by atoms with Crippen molar-refractivity contribution < 1.29 is 36.6 Å². The van der Waals surface area contributed by atoms with Crippen molar-refractivity contribution in [3.8, 4) is 11.1 Å². The first-order valence-electron chi connectivity index (χ1n) is 13.6. The second kappa shape index (κ2) is 12.5. The van der Waals surface area contributed by atoms with E-state index >= 15 is 0 Å². The lowest BCUT2D eigenvalue weighted by Crippen LogP contribution is -2.38. The zero-order valence-corrected chi connectivity index (χ0v) is 23.5. The third-order valence-corrected chi connectivity index (χ3v) is 7.87. The van der Waals surface area contributed by atoms with Crippen LogP contribution in [0.5, 0.6) is 0 Å². The van der Waals surface area contributed by atoms with Gasteiger partial charge in [-0.2, -0.15) is 13.2 Å². The van der Waals surface area contributed by atoms with Gasteiger partial charge in [-0.05, 0) is 66.3 Å². The SMILES string of the molecule is NC(=O)c1ccc(NC(=O)[C@H](C[C@@H]2CCCCO2)n2cc3c(cc2=O)-c2cc(Cl)ccc2CC(C(F)(F)F)OC3)cc1F. The minimum absolute atomic E-state index is 0.0151. The lowest BCUT2D eigenvalue weighted by molar-refractivity contribution is -0.223. The van der Waals surface area contributed by atoms with Gasteiger partial charge in [0.2, 0.25) is 5.91 Å². The quantitative estimate of drug-likeness (QED) is 0.351. The van der Waals surface area contributed by atoms with Crippen LogP contribution < -0.4 is 16.6 Å². The van der Waals surface area contributed by atoms with Crippen LogP contribution >= 0.6 is 11.6 Å². The molecule has 1 aromatic heterocycles. The lowest BCUT2D eigenvalue weighted by atomic mass is 9.92. The summed E-state index contributed by atoms with van der Waals surface area (Å²) < 4.78 is 68.1. The number of nitrogens with two attached hydrogens (primary N) is 1. The minimum atomic E-state index is -4.65. The summed E-state index contributed by atoms with van der Waals surface area (Å²) >= 11 is 6.19. The molecule has 43 heavy (non-hydrogen) atoms. The molecule has 2 aliphatic rings. The zero-order valence-electron chi connectivity index (χ0n) is 22.8. The Hall–Kier alpha value is -3.74. The fourth-order valence-corrected chi connectivity index (χ4v) is 5.62. The summed E-state index contributed by atoms with van der Waals surface area (Å²) in [5.74, 6) is -2.61. The van der Waals surface area contributed by atoms with E-state index in [0.717, 1.165) is 29.5 Å². The van der Waals surface area contributed by atoms with Crippen LogP contribution in [0.4, 0.5) is 23.2 Å². The molecule has 0 radical (unpaired) electrons. The van der Waals surface area contributed by atoms with Gasteiger partial charge >= 0.3 is 6.18 Å². The molecule has 2 amide bonds. The first-order chi connectivity index (χ1) is 20.4. The van der Waals surface area contributed by atoms with E-state index in [9.17, 15) is 31.9 Å². The Morgan fingerprint density at radius 2 is 1.84 bits per heavy atom. The van der Waals surface area contributed by atoms with E-state index in [1.807, 2.05) is 0 Å². The minimum Gasteiger partial charge on any atom is -0.378 e. The smallest absolute Gasteiger partial charge is 0.378 e. The molecule has 0 saturated carbocycles. The molecule has 2 aromatic carbocycles. The first kappa shape index (κ1) is 30.7. The highest BCUT2D eigenvalue weighted by Gasteiger charge is 2.42. The molecule has 0 bridgehead atoms. The number of carbonyl (C=O) groups is 2. The van der Waals surface area contributed by atoms with E-state index in [1.165, 1.54) is 36.5 Å². The number of alkyl halides is 3. The zero-order chi connectivity index (χ0) is 30.9. The fourth-order valence-electron chi connectivity index (χ4n) is 5.45. The molecule has 3 N–H and O–H groups in total. The van der Waals surface area contributed by atoms with Crippen molar-refractivity contribution in [2.24, 2.45) is 5.73 Å². The van der Waals surface area contributed by atoms with Gasteiger partial charge in [-0.3, -0.25) is 14.4 Å². The predicted molar refractivity (Wildman–Crippen MR) is 150 cm³/mol. The molecule has 0 spiro atoms. The summed E-state index contributed by atoms with van der Waals surface area (Å²) in [6, 6.07) is 7.88. The monoisotopic (exact) mass is 621 g/mol. The third kappa shape index (κ3) is 6.92. The second-order valence-corrected chi connectivity index (χ2v) is 11.0. The fraction of sp³-hybridized carbons (Fsp3) is 0.367. The van der Waals surface area contributed by atoms with Crippen molar-refractivity contribution in [3.63, 3.8) is 0 Å². The summed E-state index contributed by atoms with van der Waals surface area (Å²) in [6.07, 6.45) is -3.87. The number of anilines is 1. The van der Waals surface area contributed by atoms with Gasteiger partial charge < -0.3 is 25.1 Å². The number of hydrogen-bond acceptors (Lipinski definition) is 5. The maximum absolute atomic E-state index is 14.4. The normalized spacial score (nSPS) is 19.4. The highest BCUT2D eigenvalue weighted by atomic mass is 35.5. The largest absolute Gasteiger partial charge is 0.414 e. The van der Waals surface area contributed by atoms with Crippen LogP contribution in [0.2, 0.25) is 5.02 Å². The van der Waals surface area contributed by atoms with Crippen molar-refractivity contribution in [1.82, 2.24) is 4.57 Å². The lowest BCUT2D eigenvalue weighted by Gasteiger charge is -2.29. The van der Waals surface area contributed by atoms with Crippen molar-refractivity contribution in [2.45, 2.75) is 63.1 Å². The maximum Gasteiger partial charge on any atom is 0.414 e. The molecule has 0 aliphatic carbocycles. The van der Waals surface area contributed by atoms with Crippen LogP contribution in [0.1, 0.15) is 53.2 Å². The van der Waals surface area contributed by atoms with E-state index in [0.29, 0.717) is 29.7 Å². The Morgan fingerprint density at radius 3 is 2.51 bits per heavy atom. The van der Waals surface area contributed by atoms with Gasteiger partial charge in [0.25, 0.3) is 11.5 Å². The van der Waals surface area contributed by atoms with Gasteiger partial charge in [0, 0.05) is 48.0 Å². The average molecular weight is 622 g/mol. The van der Waals surface area contributed by atoms with Gasteiger partial charge in [0.15, 0.2) is 6.10 Å². The van der Waals surface area contributed by atoms with Gasteiger partial charge in [-0.1, -0.05) is 17.7 Å². The number of rotatable bonds is 6. The summed E-state index contributed by atoms with van der Waals surface area (Å²) in [5, 5.41) is 2.85. The van der Waals surface area contributed by atoms with Crippen molar-refractivity contribution in [1.29, 1.82) is 0 Å². The number of primary amides is 1. The Bertz CT molecular complexity index is 1600. The summed E-state index contributed by atoms with van der Waals surface area (Å²) in [4.78, 5) is 38.7. The number of amides is 2. The molecule has 3 aromatic rings. The molecule has 1 saturated heterocycles. The van der Waals surface area contributed by atoms with E-state index < -0.39 is 54.5 Å². The van der Waals surface area contributed by atoms with Crippen LogP contribution in [0, 0.1) is 5.82 Å².